The number of aliphatic hydroxyl groups excluding tert-OH is 1. The van der Waals surface area contributed by atoms with Gasteiger partial charge in [-0.25, -0.2) is 0 Å². The zero-order valence-corrected chi connectivity index (χ0v) is 22.5. The zero-order chi connectivity index (χ0) is 25.6. The Hall–Kier alpha value is -1.23. The Morgan fingerprint density at radius 1 is 1.03 bits per heavy atom. The number of ether oxygens (including phenoxy) is 1. The van der Waals surface area contributed by atoms with Crippen LogP contribution >= 0.6 is 0 Å². The van der Waals surface area contributed by atoms with Gasteiger partial charge in [0.25, 0.3) is 0 Å². The molecule has 1 unspecified atom stereocenters. The molecular formula is C28H56FNO2. The van der Waals surface area contributed by atoms with Gasteiger partial charge in [-0.3, -0.25) is 4.39 Å². The maximum Gasteiger partial charge on any atom is 0.0785 e. The number of nitrogens with one attached hydrogen (secondary N) is 1. The topological polar surface area (TPSA) is 41.5 Å². The first-order valence-corrected chi connectivity index (χ1v) is 12.5. The predicted octanol–water partition coefficient (Wildman–Crippen LogP) is 7.83. The fourth-order valence-electron chi connectivity index (χ4n) is 2.62. The van der Waals surface area contributed by atoms with Crippen molar-refractivity contribution in [2.75, 3.05) is 26.9 Å². The van der Waals surface area contributed by atoms with Crippen molar-refractivity contribution in [1.82, 2.24) is 5.32 Å². The molecule has 1 aliphatic heterocycles. The molecule has 1 saturated carbocycles. The standard InChI is InChI=1S/C14H22O.C5H10.C4H9NO.2C2H6.CH3F/c1-3-8-13(4-2)11-12-15-14-9-6-5-7-10-14;1-4-5(2)3;6-4-1-2-5-3-4;3*1-2/h3-4,8,14H,1-2,5-7,9-12H2;4-5H,1H2,2-3H3;4-6H,1-3H2;2*1-2H3;1H3/b13-8+;;;;;. The molecule has 2 fully saturated rings. The predicted molar refractivity (Wildman–Crippen MR) is 144 cm³/mol. The zero-order valence-electron chi connectivity index (χ0n) is 22.5. The number of alkyl halides is 1. The molecule has 4 heteroatoms. The van der Waals surface area contributed by atoms with E-state index in [0.29, 0.717) is 19.2 Å². The molecule has 1 saturated heterocycles. The van der Waals surface area contributed by atoms with Gasteiger partial charge in [0, 0.05) is 6.54 Å². The van der Waals surface area contributed by atoms with Gasteiger partial charge in [0.15, 0.2) is 0 Å². The molecule has 1 aliphatic carbocycles. The van der Waals surface area contributed by atoms with Gasteiger partial charge in [-0.05, 0) is 43.7 Å². The lowest BCUT2D eigenvalue weighted by Gasteiger charge is -2.22. The van der Waals surface area contributed by atoms with Crippen LogP contribution in [-0.2, 0) is 4.74 Å². The first-order valence-electron chi connectivity index (χ1n) is 12.5. The minimum atomic E-state index is -0.0648. The van der Waals surface area contributed by atoms with Crippen LogP contribution in [0.3, 0.4) is 0 Å². The van der Waals surface area contributed by atoms with Gasteiger partial charge in [-0.15, -0.1) is 6.58 Å². The molecule has 0 amide bonds. The van der Waals surface area contributed by atoms with E-state index in [-0.39, 0.29) is 6.10 Å². The molecule has 3 nitrogen and oxygen atoms in total. The fraction of sp³-hybridized carbons (Fsp3) is 0.714. The number of β-amino-alcohol motifs (C(OH)–C–C–N with tert-alkyl or cyclic N) is 1. The normalized spacial score (nSPS) is 17.2. The molecule has 0 bridgehead atoms. The van der Waals surface area contributed by atoms with Crippen LogP contribution in [0.4, 0.5) is 4.39 Å². The van der Waals surface area contributed by atoms with Crippen LogP contribution in [0.2, 0.25) is 0 Å². The van der Waals surface area contributed by atoms with Crippen LogP contribution in [0.1, 0.15) is 86.5 Å². The van der Waals surface area contributed by atoms with Crippen molar-refractivity contribution < 1.29 is 14.2 Å². The summed E-state index contributed by atoms with van der Waals surface area (Å²) in [4.78, 5) is 0. The van der Waals surface area contributed by atoms with Crippen molar-refractivity contribution in [3.05, 3.63) is 49.6 Å². The van der Waals surface area contributed by atoms with Crippen molar-refractivity contribution in [3.8, 4) is 0 Å². The number of rotatable bonds is 7. The lowest BCUT2D eigenvalue weighted by Crippen LogP contribution is -2.17. The maximum atomic E-state index is 9.50. The Labute approximate surface area is 200 Å². The van der Waals surface area contributed by atoms with Gasteiger partial charge in [-0.2, -0.15) is 0 Å². The van der Waals surface area contributed by atoms with E-state index >= 15 is 0 Å². The third kappa shape index (κ3) is 31.0. The highest BCUT2D eigenvalue weighted by atomic mass is 19.1. The van der Waals surface area contributed by atoms with E-state index in [4.69, 9.17) is 9.84 Å². The summed E-state index contributed by atoms with van der Waals surface area (Å²) in [5, 5.41) is 11.7. The van der Waals surface area contributed by atoms with Crippen molar-refractivity contribution in [3.63, 3.8) is 0 Å². The van der Waals surface area contributed by atoms with Gasteiger partial charge < -0.3 is 15.2 Å². The Kier molecular flexibility index (Phi) is 40.9. The van der Waals surface area contributed by atoms with Crippen molar-refractivity contribution >= 4 is 0 Å². The average molecular weight is 458 g/mol. The van der Waals surface area contributed by atoms with Crippen molar-refractivity contribution in [2.24, 2.45) is 5.92 Å². The summed E-state index contributed by atoms with van der Waals surface area (Å²) >= 11 is 0. The van der Waals surface area contributed by atoms with Crippen molar-refractivity contribution in [2.45, 2.75) is 98.7 Å². The summed E-state index contributed by atoms with van der Waals surface area (Å²) in [5.41, 5.74) is 1.21. The Balaban J connectivity index is -0.000000191. The minimum Gasteiger partial charge on any atom is -0.392 e. The van der Waals surface area contributed by atoms with E-state index in [1.165, 1.54) is 37.7 Å². The third-order valence-electron chi connectivity index (χ3n) is 4.40. The summed E-state index contributed by atoms with van der Waals surface area (Å²) in [6.45, 7) is 25.8. The van der Waals surface area contributed by atoms with E-state index in [2.05, 4.69) is 38.9 Å². The Morgan fingerprint density at radius 3 is 1.88 bits per heavy atom. The first-order chi connectivity index (χ1) is 15.5. The number of aliphatic hydroxyl groups is 1. The second kappa shape index (κ2) is 34.4. The second-order valence-electron chi connectivity index (χ2n) is 7.19. The van der Waals surface area contributed by atoms with Gasteiger partial charge >= 0.3 is 0 Å². The smallest absolute Gasteiger partial charge is 0.0785 e. The van der Waals surface area contributed by atoms with E-state index in [1.807, 2.05) is 45.9 Å². The van der Waals surface area contributed by atoms with Crippen LogP contribution < -0.4 is 5.32 Å². The molecular weight excluding hydrogens is 401 g/mol. The van der Waals surface area contributed by atoms with Crippen molar-refractivity contribution in [1.29, 1.82) is 0 Å². The summed E-state index contributed by atoms with van der Waals surface area (Å²) < 4.78 is 15.3. The van der Waals surface area contributed by atoms with E-state index in [9.17, 15) is 4.39 Å². The molecule has 2 N–H and O–H groups in total. The second-order valence-corrected chi connectivity index (χ2v) is 7.19. The highest BCUT2D eigenvalue weighted by Crippen LogP contribution is 2.20. The molecule has 192 valence electrons. The molecule has 0 aromatic heterocycles. The maximum absolute atomic E-state index is 9.50. The highest BCUT2D eigenvalue weighted by Gasteiger charge is 2.13. The molecule has 2 aliphatic rings. The van der Waals surface area contributed by atoms with E-state index in [1.54, 1.807) is 6.08 Å². The lowest BCUT2D eigenvalue weighted by molar-refractivity contribution is 0.0306. The lowest BCUT2D eigenvalue weighted by atomic mass is 9.98. The largest absolute Gasteiger partial charge is 0.392 e. The monoisotopic (exact) mass is 457 g/mol. The summed E-state index contributed by atoms with van der Waals surface area (Å²) in [6.07, 6.45) is 16.5. The molecule has 2 rings (SSSR count). The van der Waals surface area contributed by atoms with Crippen LogP contribution in [0.15, 0.2) is 49.6 Å². The Morgan fingerprint density at radius 2 is 1.56 bits per heavy atom. The Bertz CT molecular complexity index is 396. The van der Waals surface area contributed by atoms with Gasteiger partial charge in [0.2, 0.25) is 0 Å². The van der Waals surface area contributed by atoms with Gasteiger partial charge in [-0.1, -0.05) is 98.3 Å². The van der Waals surface area contributed by atoms with Gasteiger partial charge in [0.1, 0.15) is 0 Å². The SMILES string of the molecule is C=C/C=C(\C=C)CCOC1CCCCC1.C=CC(C)C.CC.CC.CF.OC1CCNC1. The molecule has 1 heterocycles. The molecule has 0 spiro atoms. The first kappa shape index (κ1) is 38.1. The van der Waals surface area contributed by atoms with Crippen LogP contribution in [0, 0.1) is 5.92 Å². The van der Waals surface area contributed by atoms with Crippen LogP contribution in [0.5, 0.6) is 0 Å². The van der Waals surface area contributed by atoms with Crippen LogP contribution in [0.25, 0.3) is 0 Å². The molecule has 32 heavy (non-hydrogen) atoms. The van der Waals surface area contributed by atoms with Crippen LogP contribution in [-0.4, -0.2) is 44.2 Å². The molecule has 0 aromatic carbocycles. The number of allylic oxidation sites excluding steroid dienone is 4. The molecule has 0 aromatic rings. The number of hydrogen-bond donors (Lipinski definition) is 2. The van der Waals surface area contributed by atoms with Gasteiger partial charge in [0.05, 0.1) is 26.0 Å². The number of halogens is 1. The molecule has 0 radical (unpaired) electrons. The van der Waals surface area contributed by atoms with E-state index < -0.39 is 0 Å². The minimum absolute atomic E-state index is 0.0648. The highest BCUT2D eigenvalue weighted by molar-refractivity contribution is 5.20. The van der Waals surface area contributed by atoms with E-state index in [0.717, 1.165) is 32.5 Å². The molecule has 1 atom stereocenters. The third-order valence-corrected chi connectivity index (χ3v) is 4.40. The quantitative estimate of drug-likeness (QED) is 0.302. The summed E-state index contributed by atoms with van der Waals surface area (Å²) in [7, 11) is 0.500. The summed E-state index contributed by atoms with van der Waals surface area (Å²) in [5.74, 6) is 0.648. The number of hydrogen-bond acceptors (Lipinski definition) is 3. The average Bonchev–Trinajstić information content (AvgIpc) is 3.34. The summed E-state index contributed by atoms with van der Waals surface area (Å²) in [6, 6.07) is 0. The fourth-order valence-corrected chi connectivity index (χ4v) is 2.62.